The van der Waals surface area contributed by atoms with E-state index in [-0.39, 0.29) is 17.7 Å². The highest BCUT2D eigenvalue weighted by atomic mass is 19.1. The molecule has 2 atom stereocenters. The molecule has 102 valence electrons. The van der Waals surface area contributed by atoms with Crippen molar-refractivity contribution in [3.8, 4) is 11.8 Å². The first-order valence-corrected chi connectivity index (χ1v) is 6.62. The highest BCUT2D eigenvalue weighted by molar-refractivity contribution is 5.30. The molecule has 0 saturated heterocycles. The van der Waals surface area contributed by atoms with Crippen molar-refractivity contribution in [3.05, 3.63) is 29.6 Å². The first kappa shape index (κ1) is 13.8. The molecule has 0 heterocycles. The van der Waals surface area contributed by atoms with E-state index in [4.69, 9.17) is 4.74 Å². The molecular weight excluding hydrogens is 243 g/mol. The molecule has 0 aliphatic heterocycles. The molecule has 1 saturated carbocycles. The van der Waals surface area contributed by atoms with E-state index in [2.05, 4.69) is 11.4 Å². The largest absolute Gasteiger partial charge is 0.487 e. The van der Waals surface area contributed by atoms with E-state index in [1.807, 2.05) is 0 Å². The number of benzene rings is 1. The zero-order valence-electron chi connectivity index (χ0n) is 11.4. The Morgan fingerprint density at radius 2 is 2.32 bits per heavy atom. The molecular formula is C15H19FN2O. The van der Waals surface area contributed by atoms with Crippen LogP contribution in [0.2, 0.25) is 0 Å². The number of halogens is 1. The van der Waals surface area contributed by atoms with Gasteiger partial charge in [0.1, 0.15) is 11.6 Å². The third-order valence-electron chi connectivity index (χ3n) is 3.85. The van der Waals surface area contributed by atoms with Crippen LogP contribution in [0.4, 0.5) is 4.39 Å². The molecule has 0 amide bonds. The standard InChI is InChI=1S/C15H19FN2O/c1-11-5-3-7-13(14(11)16)19-12-6-4-8-15(9-12,10-17)18-2/h3,5,7,12,18H,4,6,8-9H2,1-2H3. The third kappa shape index (κ3) is 2.87. The van der Waals surface area contributed by atoms with Crippen molar-refractivity contribution < 1.29 is 9.13 Å². The highest BCUT2D eigenvalue weighted by Gasteiger charge is 2.36. The van der Waals surface area contributed by atoms with Gasteiger partial charge in [0, 0.05) is 6.42 Å². The van der Waals surface area contributed by atoms with Gasteiger partial charge in [-0.2, -0.15) is 5.26 Å². The van der Waals surface area contributed by atoms with E-state index in [0.29, 0.717) is 12.0 Å². The average Bonchev–Trinajstić information content (AvgIpc) is 2.44. The summed E-state index contributed by atoms with van der Waals surface area (Å²) in [6, 6.07) is 7.47. The predicted octanol–water partition coefficient (Wildman–Crippen LogP) is 2.94. The van der Waals surface area contributed by atoms with Crippen LogP contribution in [0, 0.1) is 24.1 Å². The zero-order chi connectivity index (χ0) is 13.9. The average molecular weight is 262 g/mol. The van der Waals surface area contributed by atoms with Gasteiger partial charge in [-0.05, 0) is 44.9 Å². The number of nitrogens with one attached hydrogen (secondary N) is 1. The maximum absolute atomic E-state index is 13.9. The SMILES string of the molecule is CNC1(C#N)CCCC(Oc2cccc(C)c2F)C1. The van der Waals surface area contributed by atoms with Crippen LogP contribution in [0.15, 0.2) is 18.2 Å². The summed E-state index contributed by atoms with van der Waals surface area (Å²) in [6.07, 6.45) is 3.06. The fourth-order valence-electron chi connectivity index (χ4n) is 2.60. The fraction of sp³-hybridized carbons (Fsp3) is 0.533. The maximum atomic E-state index is 13.9. The summed E-state index contributed by atoms with van der Waals surface area (Å²) in [5.41, 5.74) is 0.0388. The van der Waals surface area contributed by atoms with Crippen molar-refractivity contribution in [3.63, 3.8) is 0 Å². The second-order valence-electron chi connectivity index (χ2n) is 5.17. The van der Waals surface area contributed by atoms with Gasteiger partial charge in [-0.15, -0.1) is 0 Å². The van der Waals surface area contributed by atoms with Crippen molar-refractivity contribution in [2.75, 3.05) is 7.05 Å². The Labute approximate surface area is 113 Å². The minimum Gasteiger partial charge on any atom is -0.487 e. The van der Waals surface area contributed by atoms with Gasteiger partial charge in [-0.3, -0.25) is 0 Å². The van der Waals surface area contributed by atoms with E-state index in [9.17, 15) is 9.65 Å². The second kappa shape index (κ2) is 5.58. The molecule has 2 rings (SSSR count). The Balaban J connectivity index is 2.11. The van der Waals surface area contributed by atoms with Crippen LogP contribution in [-0.2, 0) is 0 Å². The Bertz CT molecular complexity index is 497. The molecule has 1 aliphatic rings. The zero-order valence-corrected chi connectivity index (χ0v) is 11.4. The van der Waals surface area contributed by atoms with E-state index >= 15 is 0 Å². The molecule has 1 fully saturated rings. The van der Waals surface area contributed by atoms with E-state index in [1.165, 1.54) is 0 Å². The molecule has 0 spiro atoms. The van der Waals surface area contributed by atoms with Crippen LogP contribution >= 0.6 is 0 Å². The van der Waals surface area contributed by atoms with Gasteiger partial charge in [0.15, 0.2) is 11.6 Å². The van der Waals surface area contributed by atoms with Gasteiger partial charge in [0.2, 0.25) is 0 Å². The first-order valence-electron chi connectivity index (χ1n) is 6.62. The summed E-state index contributed by atoms with van der Waals surface area (Å²) in [4.78, 5) is 0. The summed E-state index contributed by atoms with van der Waals surface area (Å²) >= 11 is 0. The Kier molecular flexibility index (Phi) is 4.06. The second-order valence-corrected chi connectivity index (χ2v) is 5.17. The molecule has 0 bridgehead atoms. The van der Waals surface area contributed by atoms with Gasteiger partial charge in [-0.1, -0.05) is 12.1 Å². The Hall–Kier alpha value is -1.60. The topological polar surface area (TPSA) is 45.0 Å². The van der Waals surface area contributed by atoms with Crippen molar-refractivity contribution in [1.29, 1.82) is 5.26 Å². The Morgan fingerprint density at radius 3 is 3.00 bits per heavy atom. The number of nitrogens with zero attached hydrogens (tertiary/aromatic N) is 1. The molecule has 0 radical (unpaired) electrons. The normalized spacial score (nSPS) is 26.7. The van der Waals surface area contributed by atoms with Crippen LogP contribution < -0.4 is 10.1 Å². The van der Waals surface area contributed by atoms with Crippen LogP contribution in [0.5, 0.6) is 5.75 Å². The lowest BCUT2D eigenvalue weighted by Crippen LogP contribution is -2.48. The Morgan fingerprint density at radius 1 is 1.53 bits per heavy atom. The number of rotatable bonds is 3. The van der Waals surface area contributed by atoms with E-state index < -0.39 is 5.54 Å². The van der Waals surface area contributed by atoms with E-state index in [1.54, 1.807) is 32.2 Å². The predicted molar refractivity (Wildman–Crippen MR) is 71.4 cm³/mol. The number of hydrogen-bond acceptors (Lipinski definition) is 3. The quantitative estimate of drug-likeness (QED) is 0.911. The minimum atomic E-state index is -0.538. The molecule has 19 heavy (non-hydrogen) atoms. The molecule has 4 heteroatoms. The minimum absolute atomic E-state index is 0.114. The van der Waals surface area contributed by atoms with Gasteiger partial charge in [0.05, 0.1) is 6.07 Å². The molecule has 1 aromatic carbocycles. The summed E-state index contributed by atoms with van der Waals surface area (Å²) in [5.74, 6) is -0.0186. The summed E-state index contributed by atoms with van der Waals surface area (Å²) < 4.78 is 19.7. The maximum Gasteiger partial charge on any atom is 0.167 e. The number of aryl methyl sites for hydroxylation is 1. The summed E-state index contributed by atoms with van der Waals surface area (Å²) in [5, 5.41) is 12.4. The smallest absolute Gasteiger partial charge is 0.167 e. The van der Waals surface area contributed by atoms with Crippen molar-refractivity contribution >= 4 is 0 Å². The van der Waals surface area contributed by atoms with Gasteiger partial charge in [0.25, 0.3) is 0 Å². The lowest BCUT2D eigenvalue weighted by molar-refractivity contribution is 0.111. The third-order valence-corrected chi connectivity index (χ3v) is 3.85. The molecule has 1 N–H and O–H groups in total. The van der Waals surface area contributed by atoms with Crippen LogP contribution in [-0.4, -0.2) is 18.7 Å². The van der Waals surface area contributed by atoms with Gasteiger partial charge in [-0.25, -0.2) is 4.39 Å². The molecule has 1 aliphatic carbocycles. The fourth-order valence-corrected chi connectivity index (χ4v) is 2.60. The lowest BCUT2D eigenvalue weighted by atomic mass is 9.81. The van der Waals surface area contributed by atoms with Crippen LogP contribution in [0.25, 0.3) is 0 Å². The molecule has 3 nitrogen and oxygen atoms in total. The lowest BCUT2D eigenvalue weighted by Gasteiger charge is -2.35. The van der Waals surface area contributed by atoms with E-state index in [0.717, 1.165) is 19.3 Å². The molecule has 0 aromatic heterocycles. The summed E-state index contributed by atoms with van der Waals surface area (Å²) in [7, 11) is 1.79. The number of ether oxygens (including phenoxy) is 1. The monoisotopic (exact) mass is 262 g/mol. The van der Waals surface area contributed by atoms with Crippen LogP contribution in [0.3, 0.4) is 0 Å². The molecule has 1 aromatic rings. The van der Waals surface area contributed by atoms with Crippen molar-refractivity contribution in [1.82, 2.24) is 5.32 Å². The van der Waals surface area contributed by atoms with Gasteiger partial charge >= 0.3 is 0 Å². The first-order chi connectivity index (χ1) is 9.10. The highest BCUT2D eigenvalue weighted by Crippen LogP contribution is 2.31. The molecule has 2 unspecified atom stereocenters. The number of nitriles is 1. The van der Waals surface area contributed by atoms with Crippen molar-refractivity contribution in [2.24, 2.45) is 0 Å². The van der Waals surface area contributed by atoms with Crippen molar-refractivity contribution in [2.45, 2.75) is 44.2 Å². The summed E-state index contributed by atoms with van der Waals surface area (Å²) in [6.45, 7) is 1.72. The van der Waals surface area contributed by atoms with Crippen LogP contribution in [0.1, 0.15) is 31.2 Å². The number of hydrogen-bond donors (Lipinski definition) is 1. The van der Waals surface area contributed by atoms with Gasteiger partial charge < -0.3 is 10.1 Å².